The summed E-state index contributed by atoms with van der Waals surface area (Å²) >= 11 is 0. The Hall–Kier alpha value is -1.51. The van der Waals surface area contributed by atoms with E-state index in [1.54, 1.807) is 0 Å². The minimum Gasteiger partial charge on any atom is -0.494 e. The molecule has 1 rings (SSSR count). The van der Waals surface area contributed by atoms with Gasteiger partial charge in [0.2, 0.25) is 0 Å². The highest BCUT2D eigenvalue weighted by molar-refractivity contribution is 5.82. The summed E-state index contributed by atoms with van der Waals surface area (Å²) in [6.45, 7) is 6.72. The van der Waals surface area contributed by atoms with Gasteiger partial charge in [0, 0.05) is 5.41 Å². The molecular weight excluding hydrogens is 236 g/mol. The molecule has 0 aliphatic carbocycles. The number of unbranched alkanes of at least 4 members (excludes halogenated alkanes) is 1. The number of rotatable bonds is 8. The van der Waals surface area contributed by atoms with E-state index in [-0.39, 0.29) is 11.3 Å². The Morgan fingerprint density at radius 3 is 2.42 bits per heavy atom. The lowest BCUT2D eigenvalue weighted by Gasteiger charge is -2.22. The molecule has 3 heteroatoms. The Labute approximate surface area is 116 Å². The van der Waals surface area contributed by atoms with Crippen LogP contribution in [0, 0.1) is 10.8 Å². The molecule has 0 saturated heterocycles. The molecule has 0 aliphatic heterocycles. The lowest BCUT2D eigenvalue weighted by Crippen LogP contribution is -2.32. The Morgan fingerprint density at radius 1 is 1.26 bits per heavy atom. The van der Waals surface area contributed by atoms with Gasteiger partial charge in [-0.15, -0.1) is 0 Å². The summed E-state index contributed by atoms with van der Waals surface area (Å²) in [6.07, 6.45) is 4.33. The number of hydrogen-bond acceptors (Lipinski definition) is 2. The van der Waals surface area contributed by atoms with E-state index in [9.17, 15) is 0 Å². The van der Waals surface area contributed by atoms with Gasteiger partial charge in [-0.2, -0.15) is 0 Å². The van der Waals surface area contributed by atoms with Crippen molar-refractivity contribution < 1.29 is 4.74 Å². The molecule has 3 N–H and O–H groups in total. The van der Waals surface area contributed by atoms with E-state index in [0.717, 1.165) is 18.6 Å². The van der Waals surface area contributed by atoms with Gasteiger partial charge in [-0.05, 0) is 37.0 Å². The van der Waals surface area contributed by atoms with Crippen molar-refractivity contribution in [3.8, 4) is 5.75 Å². The highest BCUT2D eigenvalue weighted by Crippen LogP contribution is 2.21. The van der Waals surface area contributed by atoms with Crippen LogP contribution in [0.2, 0.25) is 0 Å². The topological polar surface area (TPSA) is 59.1 Å². The molecule has 0 amide bonds. The Bertz CT molecular complexity index is 396. The van der Waals surface area contributed by atoms with Crippen molar-refractivity contribution in [2.75, 3.05) is 6.61 Å². The zero-order valence-corrected chi connectivity index (χ0v) is 12.3. The second-order valence-electron chi connectivity index (χ2n) is 5.64. The van der Waals surface area contributed by atoms with Crippen molar-refractivity contribution in [3.05, 3.63) is 29.8 Å². The Morgan fingerprint density at radius 2 is 1.89 bits per heavy atom. The van der Waals surface area contributed by atoms with Gasteiger partial charge in [-0.1, -0.05) is 39.3 Å². The molecule has 0 aromatic heterocycles. The fraction of sp³-hybridized carbons (Fsp3) is 0.562. The van der Waals surface area contributed by atoms with Crippen LogP contribution >= 0.6 is 0 Å². The predicted octanol–water partition coefficient (Wildman–Crippen LogP) is 3.76. The summed E-state index contributed by atoms with van der Waals surface area (Å²) in [5, 5.41) is 7.49. The van der Waals surface area contributed by atoms with Gasteiger partial charge in [-0.3, -0.25) is 5.41 Å². The molecule has 0 radical (unpaired) electrons. The first-order valence-electron chi connectivity index (χ1n) is 7.02. The van der Waals surface area contributed by atoms with Gasteiger partial charge in [0.05, 0.1) is 12.4 Å². The highest BCUT2D eigenvalue weighted by atomic mass is 16.5. The van der Waals surface area contributed by atoms with E-state index in [1.807, 2.05) is 26.0 Å². The van der Waals surface area contributed by atoms with Crippen LogP contribution in [0.3, 0.4) is 0 Å². The summed E-state index contributed by atoms with van der Waals surface area (Å²) in [7, 11) is 0. The number of amidine groups is 1. The molecule has 19 heavy (non-hydrogen) atoms. The van der Waals surface area contributed by atoms with E-state index in [4.69, 9.17) is 15.9 Å². The highest BCUT2D eigenvalue weighted by Gasteiger charge is 2.21. The molecule has 0 saturated carbocycles. The molecule has 0 atom stereocenters. The van der Waals surface area contributed by atoms with Crippen LogP contribution in [-0.2, 0) is 6.42 Å². The van der Waals surface area contributed by atoms with Crippen LogP contribution in [-0.4, -0.2) is 12.4 Å². The van der Waals surface area contributed by atoms with Crippen LogP contribution in [0.4, 0.5) is 0 Å². The molecule has 1 aromatic rings. The molecule has 0 spiro atoms. The van der Waals surface area contributed by atoms with Crippen molar-refractivity contribution in [3.63, 3.8) is 0 Å². The standard InChI is InChI=1S/C16H26N2O/c1-4-5-6-13-7-9-14(10-8-13)19-12-11-16(2,3)15(17)18/h7-10H,4-6,11-12H2,1-3H3,(H3,17,18). The first kappa shape index (κ1) is 15.5. The maximum atomic E-state index is 7.49. The molecule has 106 valence electrons. The third-order valence-corrected chi connectivity index (χ3v) is 3.47. The van der Waals surface area contributed by atoms with Crippen molar-refractivity contribution in [1.29, 1.82) is 5.41 Å². The maximum Gasteiger partial charge on any atom is 0.119 e. The van der Waals surface area contributed by atoms with Gasteiger partial charge in [0.15, 0.2) is 0 Å². The van der Waals surface area contributed by atoms with Gasteiger partial charge in [0.25, 0.3) is 0 Å². The number of benzene rings is 1. The van der Waals surface area contributed by atoms with Gasteiger partial charge in [0.1, 0.15) is 5.75 Å². The quantitative estimate of drug-likeness (QED) is 0.553. The summed E-state index contributed by atoms with van der Waals surface area (Å²) < 4.78 is 5.70. The van der Waals surface area contributed by atoms with E-state index >= 15 is 0 Å². The Balaban J connectivity index is 2.40. The van der Waals surface area contributed by atoms with Crippen molar-refractivity contribution in [2.24, 2.45) is 11.1 Å². The summed E-state index contributed by atoms with van der Waals surface area (Å²) in [4.78, 5) is 0. The fourth-order valence-electron chi connectivity index (χ4n) is 1.69. The van der Waals surface area contributed by atoms with Crippen LogP contribution in [0.15, 0.2) is 24.3 Å². The maximum absolute atomic E-state index is 7.49. The van der Waals surface area contributed by atoms with Crippen LogP contribution in [0.1, 0.15) is 45.6 Å². The third kappa shape index (κ3) is 5.33. The first-order valence-corrected chi connectivity index (χ1v) is 7.02. The molecule has 0 heterocycles. The van der Waals surface area contributed by atoms with E-state index in [0.29, 0.717) is 6.61 Å². The number of nitrogens with two attached hydrogens (primary N) is 1. The van der Waals surface area contributed by atoms with Crippen LogP contribution < -0.4 is 10.5 Å². The number of hydrogen-bond donors (Lipinski definition) is 2. The SMILES string of the molecule is CCCCc1ccc(OCCC(C)(C)C(=N)N)cc1. The normalized spacial score (nSPS) is 11.3. The lowest BCUT2D eigenvalue weighted by atomic mass is 9.88. The average molecular weight is 262 g/mol. The van der Waals surface area contributed by atoms with E-state index in [2.05, 4.69) is 19.1 Å². The Kier molecular flexibility index (Phi) is 5.87. The average Bonchev–Trinajstić information content (AvgIpc) is 2.37. The number of aryl methyl sites for hydroxylation is 1. The van der Waals surface area contributed by atoms with E-state index < -0.39 is 0 Å². The van der Waals surface area contributed by atoms with Gasteiger partial charge in [-0.25, -0.2) is 0 Å². The second-order valence-corrected chi connectivity index (χ2v) is 5.64. The zero-order valence-electron chi connectivity index (χ0n) is 12.3. The minimum atomic E-state index is -0.291. The van der Waals surface area contributed by atoms with Crippen molar-refractivity contribution in [2.45, 2.75) is 46.5 Å². The molecular formula is C16H26N2O. The third-order valence-electron chi connectivity index (χ3n) is 3.47. The molecule has 0 aliphatic rings. The summed E-state index contributed by atoms with van der Waals surface area (Å²) in [5.74, 6) is 1.10. The molecule has 0 bridgehead atoms. The summed E-state index contributed by atoms with van der Waals surface area (Å²) in [6, 6.07) is 8.29. The zero-order chi connectivity index (χ0) is 14.3. The second kappa shape index (κ2) is 7.17. The molecule has 3 nitrogen and oxygen atoms in total. The predicted molar refractivity (Wildman–Crippen MR) is 80.9 cm³/mol. The fourth-order valence-corrected chi connectivity index (χ4v) is 1.69. The van der Waals surface area contributed by atoms with Crippen LogP contribution in [0.5, 0.6) is 5.75 Å². The monoisotopic (exact) mass is 262 g/mol. The van der Waals surface area contributed by atoms with Crippen molar-refractivity contribution in [1.82, 2.24) is 0 Å². The van der Waals surface area contributed by atoms with Crippen LogP contribution in [0.25, 0.3) is 0 Å². The molecule has 1 aromatic carbocycles. The summed E-state index contributed by atoms with van der Waals surface area (Å²) in [5.41, 5.74) is 6.61. The smallest absolute Gasteiger partial charge is 0.119 e. The molecule has 0 fully saturated rings. The largest absolute Gasteiger partial charge is 0.494 e. The van der Waals surface area contributed by atoms with E-state index in [1.165, 1.54) is 18.4 Å². The van der Waals surface area contributed by atoms with Gasteiger partial charge < -0.3 is 10.5 Å². The first-order chi connectivity index (χ1) is 8.95. The van der Waals surface area contributed by atoms with Crippen molar-refractivity contribution >= 4 is 5.84 Å². The van der Waals surface area contributed by atoms with Gasteiger partial charge >= 0.3 is 0 Å². The number of nitrogens with one attached hydrogen (secondary N) is 1. The lowest BCUT2D eigenvalue weighted by molar-refractivity contribution is 0.268. The minimum absolute atomic E-state index is 0.214. The number of ether oxygens (including phenoxy) is 1. The molecule has 0 unspecified atom stereocenters.